The minimum Gasteiger partial charge on any atom is -0.349 e. The van der Waals surface area contributed by atoms with Gasteiger partial charge in [-0.2, -0.15) is 5.10 Å². The molecule has 0 aliphatic heterocycles. The van der Waals surface area contributed by atoms with Crippen LogP contribution in [0.25, 0.3) is 16.9 Å². The molecule has 1 aliphatic carbocycles. The highest BCUT2D eigenvalue weighted by Gasteiger charge is 2.30. The van der Waals surface area contributed by atoms with Crippen LogP contribution < -0.4 is 5.32 Å². The predicted octanol–water partition coefficient (Wildman–Crippen LogP) is 4.52. The van der Waals surface area contributed by atoms with Gasteiger partial charge in [0.2, 0.25) is 0 Å². The van der Waals surface area contributed by atoms with Crippen LogP contribution in [-0.2, 0) is 0 Å². The normalized spacial score (nSPS) is 14.8. The third-order valence-electron chi connectivity index (χ3n) is 5.06. The third kappa shape index (κ3) is 3.77. The van der Waals surface area contributed by atoms with Crippen molar-refractivity contribution in [2.75, 3.05) is 0 Å². The molecule has 4 rings (SSSR count). The first-order valence-electron chi connectivity index (χ1n) is 9.25. The summed E-state index contributed by atoms with van der Waals surface area (Å²) in [4.78, 5) is 12.9. The number of hydrogen-bond acceptors (Lipinski definition) is 2. The molecule has 0 unspecified atom stereocenters. The second-order valence-corrected chi connectivity index (χ2v) is 7.28. The third-order valence-corrected chi connectivity index (χ3v) is 5.06. The number of aryl methyl sites for hydroxylation is 1. The Morgan fingerprint density at radius 2 is 1.81 bits per heavy atom. The van der Waals surface area contributed by atoms with Gasteiger partial charge in [0.15, 0.2) is 0 Å². The number of carbonyl (C=O) groups is 1. The molecule has 1 fully saturated rings. The van der Waals surface area contributed by atoms with Gasteiger partial charge in [-0.3, -0.25) is 4.79 Å². The van der Waals surface area contributed by atoms with E-state index in [2.05, 4.69) is 10.4 Å². The van der Waals surface area contributed by atoms with Gasteiger partial charge >= 0.3 is 0 Å². The predicted molar refractivity (Wildman–Crippen MR) is 103 cm³/mol. The molecule has 1 N–H and O–H groups in total. The SMILES string of the molecule is Cc1ccc(-c2nn(-c3ccc(F)cc3)cc2C(=O)N[C@@H](C)C2CC2)cc1. The summed E-state index contributed by atoms with van der Waals surface area (Å²) < 4.78 is 14.9. The highest BCUT2D eigenvalue weighted by Crippen LogP contribution is 2.33. The van der Waals surface area contributed by atoms with E-state index in [0.29, 0.717) is 22.9 Å². The number of nitrogens with zero attached hydrogens (tertiary/aromatic N) is 2. The minimum absolute atomic E-state index is 0.127. The van der Waals surface area contributed by atoms with Gasteiger partial charge in [0.25, 0.3) is 5.91 Å². The number of rotatable bonds is 5. The topological polar surface area (TPSA) is 46.9 Å². The first-order chi connectivity index (χ1) is 13.0. The lowest BCUT2D eigenvalue weighted by molar-refractivity contribution is 0.0936. The van der Waals surface area contributed by atoms with E-state index in [4.69, 9.17) is 0 Å². The summed E-state index contributed by atoms with van der Waals surface area (Å²) in [6, 6.07) is 14.2. The molecule has 5 heteroatoms. The minimum atomic E-state index is -0.305. The number of amides is 1. The van der Waals surface area contributed by atoms with Crippen molar-refractivity contribution in [1.29, 1.82) is 0 Å². The van der Waals surface area contributed by atoms with Crippen molar-refractivity contribution in [3.8, 4) is 16.9 Å². The van der Waals surface area contributed by atoms with Crippen molar-refractivity contribution in [1.82, 2.24) is 15.1 Å². The molecule has 1 aromatic heterocycles. The van der Waals surface area contributed by atoms with E-state index in [1.165, 1.54) is 25.0 Å². The monoisotopic (exact) mass is 363 g/mol. The van der Waals surface area contributed by atoms with E-state index < -0.39 is 0 Å². The van der Waals surface area contributed by atoms with Gasteiger partial charge in [-0.15, -0.1) is 0 Å². The molecule has 3 aromatic rings. The summed E-state index contributed by atoms with van der Waals surface area (Å²) >= 11 is 0. The smallest absolute Gasteiger partial charge is 0.255 e. The van der Waals surface area contributed by atoms with Crippen molar-refractivity contribution >= 4 is 5.91 Å². The second-order valence-electron chi connectivity index (χ2n) is 7.28. The van der Waals surface area contributed by atoms with Crippen molar-refractivity contribution in [2.45, 2.75) is 32.7 Å². The Morgan fingerprint density at radius 1 is 1.15 bits per heavy atom. The first-order valence-corrected chi connectivity index (χ1v) is 9.25. The molecule has 1 atom stereocenters. The van der Waals surface area contributed by atoms with Crippen LogP contribution in [0.4, 0.5) is 4.39 Å². The number of hydrogen-bond donors (Lipinski definition) is 1. The zero-order chi connectivity index (χ0) is 19.0. The van der Waals surface area contributed by atoms with Gasteiger partial charge in [0.1, 0.15) is 11.5 Å². The van der Waals surface area contributed by atoms with E-state index in [1.807, 2.05) is 38.1 Å². The number of benzene rings is 2. The Labute approximate surface area is 158 Å². The fourth-order valence-electron chi connectivity index (χ4n) is 3.19. The number of halogens is 1. The Hall–Kier alpha value is -2.95. The molecule has 27 heavy (non-hydrogen) atoms. The van der Waals surface area contributed by atoms with Gasteiger partial charge in [-0.25, -0.2) is 9.07 Å². The van der Waals surface area contributed by atoms with Crippen LogP contribution in [0.15, 0.2) is 54.7 Å². The van der Waals surface area contributed by atoms with Crippen molar-refractivity contribution < 1.29 is 9.18 Å². The maximum atomic E-state index is 13.2. The Balaban J connectivity index is 1.73. The van der Waals surface area contributed by atoms with Crippen molar-refractivity contribution in [3.05, 3.63) is 71.7 Å². The van der Waals surface area contributed by atoms with Crippen molar-refractivity contribution in [2.24, 2.45) is 5.92 Å². The van der Waals surface area contributed by atoms with Crippen molar-refractivity contribution in [3.63, 3.8) is 0 Å². The van der Waals surface area contributed by atoms with E-state index in [0.717, 1.165) is 11.1 Å². The summed E-state index contributed by atoms with van der Waals surface area (Å²) in [7, 11) is 0. The molecule has 1 aliphatic rings. The van der Waals surface area contributed by atoms with Crippen LogP contribution >= 0.6 is 0 Å². The number of aromatic nitrogens is 2. The van der Waals surface area contributed by atoms with Gasteiger partial charge in [-0.05, 0) is 56.9 Å². The van der Waals surface area contributed by atoms with E-state index >= 15 is 0 Å². The highest BCUT2D eigenvalue weighted by atomic mass is 19.1. The first kappa shape index (κ1) is 17.5. The molecular weight excluding hydrogens is 341 g/mol. The largest absolute Gasteiger partial charge is 0.349 e. The van der Waals surface area contributed by atoms with Crippen LogP contribution in [0.3, 0.4) is 0 Å². The fourth-order valence-corrected chi connectivity index (χ4v) is 3.19. The Kier molecular flexibility index (Phi) is 4.52. The second kappa shape index (κ2) is 6.99. The van der Waals surface area contributed by atoms with Crippen LogP contribution in [0.5, 0.6) is 0 Å². The summed E-state index contributed by atoms with van der Waals surface area (Å²) in [5.41, 5.74) is 3.88. The standard InChI is InChI=1S/C22H22FN3O/c1-14-3-5-17(6-4-14)21-20(22(27)24-15(2)16-7-8-16)13-26(25-21)19-11-9-18(23)10-12-19/h3-6,9-13,15-16H,7-8H2,1-2H3,(H,24,27)/t15-/m0/s1. The molecular formula is C22H22FN3O. The lowest BCUT2D eigenvalue weighted by atomic mass is 10.1. The lowest BCUT2D eigenvalue weighted by Crippen LogP contribution is -2.34. The van der Waals surface area contributed by atoms with E-state index in [1.54, 1.807) is 23.0 Å². The van der Waals surface area contributed by atoms with Gasteiger partial charge in [0, 0.05) is 17.8 Å². The van der Waals surface area contributed by atoms with Gasteiger partial charge < -0.3 is 5.32 Å². The molecule has 1 heterocycles. The maximum Gasteiger partial charge on any atom is 0.255 e. The molecule has 138 valence electrons. The molecule has 4 nitrogen and oxygen atoms in total. The summed E-state index contributed by atoms with van der Waals surface area (Å²) in [5.74, 6) is 0.142. The zero-order valence-corrected chi connectivity index (χ0v) is 15.4. The van der Waals surface area contributed by atoms with Gasteiger partial charge in [-0.1, -0.05) is 29.8 Å². The molecule has 0 saturated heterocycles. The van der Waals surface area contributed by atoms with E-state index in [9.17, 15) is 9.18 Å². The van der Waals surface area contributed by atoms with Crippen LogP contribution in [0, 0.1) is 18.7 Å². The quantitative estimate of drug-likeness (QED) is 0.725. The molecule has 2 aromatic carbocycles. The number of nitrogens with one attached hydrogen (secondary N) is 1. The van der Waals surface area contributed by atoms with Crippen LogP contribution in [0.1, 0.15) is 35.7 Å². The van der Waals surface area contributed by atoms with E-state index in [-0.39, 0.29) is 17.8 Å². The molecule has 0 spiro atoms. The fraction of sp³-hybridized carbons (Fsp3) is 0.273. The Bertz CT molecular complexity index is 956. The highest BCUT2D eigenvalue weighted by molar-refractivity contribution is 6.00. The van der Waals surface area contributed by atoms with Crippen LogP contribution in [-0.4, -0.2) is 21.7 Å². The average molecular weight is 363 g/mol. The number of carbonyl (C=O) groups excluding carboxylic acids is 1. The maximum absolute atomic E-state index is 13.2. The Morgan fingerprint density at radius 3 is 2.44 bits per heavy atom. The zero-order valence-electron chi connectivity index (χ0n) is 15.4. The molecule has 1 amide bonds. The summed E-state index contributed by atoms with van der Waals surface area (Å²) in [5, 5.41) is 7.73. The lowest BCUT2D eigenvalue weighted by Gasteiger charge is -2.12. The van der Waals surface area contributed by atoms with Crippen LogP contribution in [0.2, 0.25) is 0 Å². The molecule has 0 radical (unpaired) electrons. The summed E-state index contributed by atoms with van der Waals surface area (Å²) in [6.45, 7) is 4.07. The molecule has 0 bridgehead atoms. The summed E-state index contributed by atoms with van der Waals surface area (Å²) in [6.07, 6.45) is 4.06. The average Bonchev–Trinajstić information content (AvgIpc) is 3.42. The van der Waals surface area contributed by atoms with Gasteiger partial charge in [0.05, 0.1) is 11.3 Å². The molecule has 1 saturated carbocycles.